The molecule has 11 aromatic rings. The molecule has 0 unspecified atom stereocenters. The highest BCUT2D eigenvalue weighted by Crippen LogP contribution is 2.46. The van der Waals surface area contributed by atoms with E-state index in [0.29, 0.717) is 11.4 Å². The summed E-state index contributed by atoms with van der Waals surface area (Å²) >= 11 is 0. The van der Waals surface area contributed by atoms with Crippen molar-refractivity contribution in [3.05, 3.63) is 236 Å². The molecule has 0 atom stereocenters. The van der Waals surface area contributed by atoms with Crippen LogP contribution in [0.5, 0.6) is 0 Å². The predicted molar refractivity (Wildman–Crippen MR) is 264 cm³/mol. The Morgan fingerprint density at radius 1 is 0.364 bits per heavy atom. The Balaban J connectivity index is 1.25. The molecule has 316 valence electrons. The quantitative estimate of drug-likeness (QED) is 0.152. The van der Waals surface area contributed by atoms with Gasteiger partial charge in [0.05, 0.1) is 33.7 Å². The summed E-state index contributed by atoms with van der Waals surface area (Å²) in [4.78, 5) is 10.5. The van der Waals surface area contributed by atoms with Gasteiger partial charge >= 0.3 is 6.18 Å². The van der Waals surface area contributed by atoms with Gasteiger partial charge in [0.15, 0.2) is 5.82 Å². The first-order valence-electron chi connectivity index (χ1n) is 21.9. The molecule has 0 saturated carbocycles. The molecule has 9 aromatic carbocycles. The van der Waals surface area contributed by atoms with Crippen molar-refractivity contribution in [3.8, 4) is 84.1 Å². The molecule has 66 heavy (non-hydrogen) atoms. The Morgan fingerprint density at radius 2 is 0.758 bits per heavy atom. The second-order valence-electron chi connectivity index (χ2n) is 16.6. The number of nitrogens with zero attached hydrogens (tertiary/aromatic N) is 3. The summed E-state index contributed by atoms with van der Waals surface area (Å²) in [5.41, 5.74) is 14.7. The minimum Gasteiger partial charge on any atom is -0.308 e. The lowest BCUT2D eigenvalue weighted by Crippen LogP contribution is -2.05. The van der Waals surface area contributed by atoms with Gasteiger partial charge in [0.1, 0.15) is 0 Å². The molecule has 0 aliphatic carbocycles. The first-order valence-corrected chi connectivity index (χ1v) is 21.9. The summed E-state index contributed by atoms with van der Waals surface area (Å²) in [6, 6.07) is 74.0. The lowest BCUT2D eigenvalue weighted by molar-refractivity contribution is -0.137. The van der Waals surface area contributed by atoms with Gasteiger partial charge in [0.25, 0.3) is 0 Å². The van der Waals surface area contributed by atoms with E-state index in [2.05, 4.69) is 102 Å². The Morgan fingerprint density at radius 3 is 1.18 bits per heavy atom. The second-order valence-corrected chi connectivity index (χ2v) is 16.6. The Bertz CT molecular complexity index is 3370. The third kappa shape index (κ3) is 7.62. The lowest BCUT2D eigenvalue weighted by Gasteiger charge is -2.21. The highest BCUT2D eigenvalue weighted by atomic mass is 19.4. The summed E-state index contributed by atoms with van der Waals surface area (Å²) in [5, 5.41) is 2.10. The summed E-state index contributed by atoms with van der Waals surface area (Å²) < 4.78 is 45.0. The zero-order chi connectivity index (χ0) is 44.8. The van der Waals surface area contributed by atoms with Gasteiger partial charge < -0.3 is 4.57 Å². The highest BCUT2D eigenvalue weighted by molar-refractivity contribution is 6.13. The number of fused-ring (bicyclic) bond motifs is 3. The first-order chi connectivity index (χ1) is 32.2. The molecule has 0 bridgehead atoms. The van der Waals surface area contributed by atoms with E-state index in [0.717, 1.165) is 100 Å². The summed E-state index contributed by atoms with van der Waals surface area (Å²) in [7, 11) is 0. The third-order valence-corrected chi connectivity index (χ3v) is 12.3. The van der Waals surface area contributed by atoms with Crippen molar-refractivity contribution in [3.63, 3.8) is 0 Å². The number of hydrogen-bond acceptors (Lipinski definition) is 2. The average Bonchev–Trinajstić information content (AvgIpc) is 3.69. The zero-order valence-corrected chi connectivity index (χ0v) is 35.8. The van der Waals surface area contributed by atoms with E-state index >= 15 is 0 Å². The molecule has 0 N–H and O–H groups in total. The van der Waals surface area contributed by atoms with Crippen molar-refractivity contribution in [2.24, 2.45) is 0 Å². The van der Waals surface area contributed by atoms with Crippen molar-refractivity contribution in [2.45, 2.75) is 13.1 Å². The average molecular weight is 860 g/mol. The fraction of sp³-hybridized carbons (Fsp3) is 0.0333. The predicted octanol–water partition coefficient (Wildman–Crippen LogP) is 16.6. The molecule has 6 heteroatoms. The third-order valence-electron chi connectivity index (χ3n) is 12.3. The largest absolute Gasteiger partial charge is 0.416 e. The number of rotatable bonds is 8. The standard InChI is InChI=1S/C60H40F3N3/c1-39-22-24-42(25-23-39)50-36-48(59-64-54(44-18-10-4-11-19-44)38-55(65-59)45-20-12-5-13-21-45)37-51(43-26-30-49(31-27-43)60(61,62)63)58(50)66-56-32-28-46(40-14-6-2-7-15-40)34-52(56)53-35-47(29-33-57(53)66)41-16-8-3-9-17-41/h2-38H,1H3. The van der Waals surface area contributed by atoms with Crippen LogP contribution in [0.15, 0.2) is 224 Å². The van der Waals surface area contributed by atoms with Crippen LogP contribution in [0.1, 0.15) is 11.1 Å². The second kappa shape index (κ2) is 16.6. The maximum atomic E-state index is 14.2. The van der Waals surface area contributed by atoms with E-state index in [1.54, 1.807) is 12.1 Å². The molecule has 0 amide bonds. The number of aromatic nitrogens is 3. The Kier molecular flexibility index (Phi) is 10.2. The molecular weight excluding hydrogens is 820 g/mol. The van der Waals surface area contributed by atoms with E-state index in [1.165, 1.54) is 12.1 Å². The summed E-state index contributed by atoms with van der Waals surface area (Å²) in [6.07, 6.45) is -4.50. The van der Waals surface area contributed by atoms with E-state index < -0.39 is 11.7 Å². The topological polar surface area (TPSA) is 30.7 Å². The molecule has 0 spiro atoms. The monoisotopic (exact) mass is 859 g/mol. The minimum absolute atomic E-state index is 0.491. The van der Waals surface area contributed by atoms with Crippen LogP contribution < -0.4 is 0 Å². The van der Waals surface area contributed by atoms with E-state index in [-0.39, 0.29) is 0 Å². The lowest BCUT2D eigenvalue weighted by atomic mass is 9.91. The van der Waals surface area contributed by atoms with Gasteiger partial charge in [-0.25, -0.2) is 9.97 Å². The van der Waals surface area contributed by atoms with Crippen molar-refractivity contribution < 1.29 is 13.2 Å². The normalized spacial score (nSPS) is 11.6. The van der Waals surface area contributed by atoms with Crippen molar-refractivity contribution >= 4 is 21.8 Å². The van der Waals surface area contributed by atoms with Crippen LogP contribution in [0.4, 0.5) is 13.2 Å². The van der Waals surface area contributed by atoms with Crippen LogP contribution in [0.2, 0.25) is 0 Å². The van der Waals surface area contributed by atoms with Crippen molar-refractivity contribution in [1.29, 1.82) is 0 Å². The van der Waals surface area contributed by atoms with Crippen LogP contribution in [-0.4, -0.2) is 14.5 Å². The summed E-state index contributed by atoms with van der Waals surface area (Å²) in [5.74, 6) is 0.491. The van der Waals surface area contributed by atoms with Gasteiger partial charge in [0, 0.05) is 38.6 Å². The van der Waals surface area contributed by atoms with Gasteiger partial charge in [-0.05, 0) is 94.9 Å². The van der Waals surface area contributed by atoms with E-state index in [4.69, 9.17) is 9.97 Å². The first kappa shape index (κ1) is 40.4. The van der Waals surface area contributed by atoms with E-state index in [1.807, 2.05) is 109 Å². The van der Waals surface area contributed by atoms with Gasteiger partial charge in [-0.15, -0.1) is 0 Å². The number of benzene rings is 9. The molecule has 0 aliphatic heterocycles. The van der Waals surface area contributed by atoms with Crippen LogP contribution in [-0.2, 0) is 6.18 Å². The fourth-order valence-electron chi connectivity index (χ4n) is 8.99. The van der Waals surface area contributed by atoms with Crippen molar-refractivity contribution in [2.75, 3.05) is 0 Å². The summed E-state index contributed by atoms with van der Waals surface area (Å²) in [6.45, 7) is 2.06. The molecule has 11 rings (SSSR count). The zero-order valence-electron chi connectivity index (χ0n) is 35.8. The van der Waals surface area contributed by atoms with Gasteiger partial charge in [-0.2, -0.15) is 13.2 Å². The molecular formula is C60H40F3N3. The van der Waals surface area contributed by atoms with Crippen LogP contribution in [0.25, 0.3) is 106 Å². The Hall–Kier alpha value is -8.35. The SMILES string of the molecule is Cc1ccc(-c2cc(-c3nc(-c4ccccc4)cc(-c4ccccc4)n3)cc(-c3ccc(C(F)(F)F)cc3)c2-n2c3ccc(-c4ccccc4)cc3c3cc(-c4ccccc4)ccc32)cc1. The molecule has 3 nitrogen and oxygen atoms in total. The molecule has 2 heterocycles. The van der Waals surface area contributed by atoms with Crippen LogP contribution >= 0.6 is 0 Å². The van der Waals surface area contributed by atoms with Gasteiger partial charge in [0.2, 0.25) is 0 Å². The van der Waals surface area contributed by atoms with Crippen LogP contribution in [0, 0.1) is 6.92 Å². The number of halogens is 3. The van der Waals surface area contributed by atoms with Gasteiger partial charge in [-0.1, -0.05) is 175 Å². The number of aryl methyl sites for hydroxylation is 1. The maximum absolute atomic E-state index is 14.2. The maximum Gasteiger partial charge on any atom is 0.416 e. The molecule has 0 aliphatic rings. The number of alkyl halides is 3. The van der Waals surface area contributed by atoms with Gasteiger partial charge in [-0.3, -0.25) is 0 Å². The van der Waals surface area contributed by atoms with Crippen LogP contribution in [0.3, 0.4) is 0 Å². The van der Waals surface area contributed by atoms with E-state index in [9.17, 15) is 13.2 Å². The molecule has 0 radical (unpaired) electrons. The molecule has 2 aromatic heterocycles. The molecule has 0 saturated heterocycles. The van der Waals surface area contributed by atoms with Crippen molar-refractivity contribution in [1.82, 2.24) is 14.5 Å². The Labute approximate surface area is 380 Å². The molecule has 0 fully saturated rings. The smallest absolute Gasteiger partial charge is 0.308 e. The highest BCUT2D eigenvalue weighted by Gasteiger charge is 2.31. The minimum atomic E-state index is -4.50. The number of hydrogen-bond donors (Lipinski definition) is 0. The fourth-order valence-corrected chi connectivity index (χ4v) is 8.99.